The molecule has 1 N–H and O–H groups in total. The van der Waals surface area contributed by atoms with Crippen LogP contribution in [0.25, 0.3) is 10.8 Å². The van der Waals surface area contributed by atoms with Gasteiger partial charge in [0.15, 0.2) is 0 Å². The molecular weight excluding hydrogens is 478 g/mol. The van der Waals surface area contributed by atoms with E-state index in [1.54, 1.807) is 11.0 Å². The molecule has 9 heteroatoms. The number of rotatable bonds is 5. The smallest absolute Gasteiger partial charge is 0.410 e. The summed E-state index contributed by atoms with van der Waals surface area (Å²) in [6.07, 6.45) is -0.352. The van der Waals surface area contributed by atoms with Gasteiger partial charge in [-0.15, -0.1) is 0 Å². The molecule has 36 heavy (non-hydrogen) atoms. The van der Waals surface area contributed by atoms with E-state index in [-0.39, 0.29) is 29.6 Å². The third-order valence-corrected chi connectivity index (χ3v) is 6.19. The number of fused-ring (bicyclic) bond motifs is 1. The van der Waals surface area contributed by atoms with E-state index in [9.17, 15) is 9.59 Å². The predicted molar refractivity (Wildman–Crippen MR) is 139 cm³/mol. The average Bonchev–Trinajstić information content (AvgIpc) is 2.92. The summed E-state index contributed by atoms with van der Waals surface area (Å²) in [5.74, 6) is 0.162. The number of piperazine rings is 1. The van der Waals surface area contributed by atoms with Gasteiger partial charge in [-0.25, -0.2) is 14.8 Å². The SMILES string of the molecule is O=C(Nc1cccc2ccccc12)c1cc(N2CCN(C(=O)OCc3ccccc3)CC2)nc(Cl)n1. The molecule has 0 saturated carbocycles. The Bertz CT molecular complexity index is 1390. The van der Waals surface area contributed by atoms with E-state index in [0.717, 1.165) is 16.3 Å². The van der Waals surface area contributed by atoms with Gasteiger partial charge in [0.05, 0.1) is 0 Å². The molecule has 1 aromatic heterocycles. The van der Waals surface area contributed by atoms with E-state index >= 15 is 0 Å². The lowest BCUT2D eigenvalue weighted by atomic mass is 10.1. The van der Waals surface area contributed by atoms with Crippen molar-refractivity contribution < 1.29 is 14.3 Å². The molecule has 1 aliphatic heterocycles. The van der Waals surface area contributed by atoms with Crippen LogP contribution < -0.4 is 10.2 Å². The van der Waals surface area contributed by atoms with Gasteiger partial charge in [-0.3, -0.25) is 4.79 Å². The Kier molecular flexibility index (Phi) is 6.95. The first-order valence-electron chi connectivity index (χ1n) is 11.6. The number of ether oxygens (including phenoxy) is 1. The van der Waals surface area contributed by atoms with Gasteiger partial charge in [0.2, 0.25) is 5.28 Å². The summed E-state index contributed by atoms with van der Waals surface area (Å²) in [7, 11) is 0. The summed E-state index contributed by atoms with van der Waals surface area (Å²) in [6.45, 7) is 2.21. The van der Waals surface area contributed by atoms with Crippen molar-refractivity contribution >= 4 is 45.9 Å². The van der Waals surface area contributed by atoms with Gasteiger partial charge >= 0.3 is 6.09 Å². The molecule has 0 radical (unpaired) electrons. The number of hydrogen-bond donors (Lipinski definition) is 1. The van der Waals surface area contributed by atoms with Gasteiger partial charge in [0.25, 0.3) is 5.91 Å². The normalized spacial score (nSPS) is 13.5. The molecule has 3 aromatic carbocycles. The van der Waals surface area contributed by atoms with E-state index in [4.69, 9.17) is 16.3 Å². The lowest BCUT2D eigenvalue weighted by Gasteiger charge is -2.34. The predicted octanol–water partition coefficient (Wildman–Crippen LogP) is 4.99. The number of aromatic nitrogens is 2. The molecule has 0 bridgehead atoms. The molecule has 5 rings (SSSR count). The summed E-state index contributed by atoms with van der Waals surface area (Å²) in [4.78, 5) is 37.6. The Morgan fingerprint density at radius 2 is 1.61 bits per heavy atom. The molecule has 1 saturated heterocycles. The lowest BCUT2D eigenvalue weighted by molar-refractivity contribution is 0.0941. The second-order valence-electron chi connectivity index (χ2n) is 8.38. The van der Waals surface area contributed by atoms with Gasteiger partial charge < -0.3 is 19.9 Å². The molecular formula is C27H24ClN5O3. The minimum Gasteiger partial charge on any atom is -0.445 e. The topological polar surface area (TPSA) is 87.7 Å². The number of carbonyl (C=O) groups excluding carboxylic acids is 2. The Labute approximate surface area is 213 Å². The standard InChI is InChI=1S/C27H24ClN5O3/c28-26-30-23(25(34)29-22-12-6-10-20-9-4-5-11-21(20)22)17-24(31-26)32-13-15-33(16-14-32)27(35)36-18-19-7-2-1-3-8-19/h1-12,17H,13-16,18H2,(H,29,34). The fourth-order valence-corrected chi connectivity index (χ4v) is 4.31. The molecule has 0 aliphatic carbocycles. The summed E-state index contributed by atoms with van der Waals surface area (Å²) in [6, 6.07) is 24.7. The highest BCUT2D eigenvalue weighted by atomic mass is 35.5. The third kappa shape index (κ3) is 5.39. The second kappa shape index (κ2) is 10.6. The second-order valence-corrected chi connectivity index (χ2v) is 8.71. The van der Waals surface area contributed by atoms with Crippen LogP contribution in [0.5, 0.6) is 0 Å². The zero-order chi connectivity index (χ0) is 24.9. The maximum atomic E-state index is 13.0. The highest BCUT2D eigenvalue weighted by Gasteiger charge is 2.24. The average molecular weight is 502 g/mol. The fraction of sp³-hybridized carbons (Fsp3) is 0.185. The van der Waals surface area contributed by atoms with Crippen LogP contribution in [-0.4, -0.2) is 53.0 Å². The molecule has 0 unspecified atom stereocenters. The molecule has 0 spiro atoms. The number of nitrogens with zero attached hydrogens (tertiary/aromatic N) is 4. The minimum atomic E-state index is -0.375. The van der Waals surface area contributed by atoms with Crippen LogP contribution in [0.15, 0.2) is 78.9 Å². The molecule has 2 heterocycles. The minimum absolute atomic E-state index is 0.0136. The maximum absolute atomic E-state index is 13.0. The van der Waals surface area contributed by atoms with Crippen molar-refractivity contribution in [3.8, 4) is 0 Å². The molecule has 0 atom stereocenters. The number of amides is 2. The highest BCUT2D eigenvalue weighted by Crippen LogP contribution is 2.24. The zero-order valence-corrected chi connectivity index (χ0v) is 20.2. The van der Waals surface area contributed by atoms with Crippen molar-refractivity contribution in [1.82, 2.24) is 14.9 Å². The molecule has 8 nitrogen and oxygen atoms in total. The van der Waals surface area contributed by atoms with Crippen molar-refractivity contribution in [1.29, 1.82) is 0 Å². The van der Waals surface area contributed by atoms with Crippen molar-refractivity contribution in [3.05, 3.63) is 95.4 Å². The molecule has 4 aromatic rings. The quantitative estimate of drug-likeness (QED) is 0.387. The molecule has 182 valence electrons. The lowest BCUT2D eigenvalue weighted by Crippen LogP contribution is -2.49. The highest BCUT2D eigenvalue weighted by molar-refractivity contribution is 6.28. The summed E-state index contributed by atoms with van der Waals surface area (Å²) in [5.41, 5.74) is 1.80. The maximum Gasteiger partial charge on any atom is 0.410 e. The molecule has 2 amide bonds. The van der Waals surface area contributed by atoms with E-state index in [1.807, 2.05) is 77.7 Å². The number of carbonyl (C=O) groups is 2. The molecule has 1 aliphatic rings. The van der Waals surface area contributed by atoms with E-state index in [2.05, 4.69) is 15.3 Å². The van der Waals surface area contributed by atoms with Crippen molar-refractivity contribution in [2.24, 2.45) is 0 Å². The van der Waals surface area contributed by atoms with Crippen molar-refractivity contribution in [3.63, 3.8) is 0 Å². The largest absolute Gasteiger partial charge is 0.445 e. The van der Waals surface area contributed by atoms with Crippen LogP contribution in [0.4, 0.5) is 16.3 Å². The summed E-state index contributed by atoms with van der Waals surface area (Å²) in [5, 5.41) is 4.88. The monoisotopic (exact) mass is 501 g/mol. The van der Waals surface area contributed by atoms with Gasteiger partial charge in [-0.2, -0.15) is 0 Å². The summed E-state index contributed by atoms with van der Waals surface area (Å²) >= 11 is 6.18. The van der Waals surface area contributed by atoms with Crippen molar-refractivity contribution in [2.75, 3.05) is 36.4 Å². The van der Waals surface area contributed by atoms with Crippen LogP contribution in [0.2, 0.25) is 5.28 Å². The molecule has 1 fully saturated rings. The van der Waals surface area contributed by atoms with Gasteiger partial charge in [-0.05, 0) is 28.6 Å². The van der Waals surface area contributed by atoms with Crippen LogP contribution in [0, 0.1) is 0 Å². The van der Waals surface area contributed by atoms with Crippen LogP contribution in [0.1, 0.15) is 16.1 Å². The third-order valence-electron chi connectivity index (χ3n) is 6.02. The summed E-state index contributed by atoms with van der Waals surface area (Å²) < 4.78 is 5.43. The van der Waals surface area contributed by atoms with Gasteiger partial charge in [-0.1, -0.05) is 66.7 Å². The van der Waals surface area contributed by atoms with Crippen LogP contribution >= 0.6 is 11.6 Å². The number of nitrogens with one attached hydrogen (secondary N) is 1. The van der Waals surface area contributed by atoms with E-state index in [1.165, 1.54) is 0 Å². The Hall–Kier alpha value is -4.17. The first-order chi connectivity index (χ1) is 17.6. The Morgan fingerprint density at radius 1 is 0.889 bits per heavy atom. The zero-order valence-electron chi connectivity index (χ0n) is 19.4. The van der Waals surface area contributed by atoms with Crippen LogP contribution in [0.3, 0.4) is 0 Å². The Balaban J connectivity index is 1.23. The fourth-order valence-electron chi connectivity index (χ4n) is 4.13. The van der Waals surface area contributed by atoms with Crippen LogP contribution in [-0.2, 0) is 11.3 Å². The van der Waals surface area contributed by atoms with Crippen molar-refractivity contribution in [2.45, 2.75) is 6.61 Å². The Morgan fingerprint density at radius 3 is 2.42 bits per heavy atom. The number of halogens is 1. The van der Waals surface area contributed by atoms with Gasteiger partial charge in [0, 0.05) is 43.3 Å². The van der Waals surface area contributed by atoms with E-state index < -0.39 is 0 Å². The van der Waals surface area contributed by atoms with Gasteiger partial charge in [0.1, 0.15) is 18.1 Å². The first-order valence-corrected chi connectivity index (χ1v) is 12.0. The number of anilines is 2. The van der Waals surface area contributed by atoms with E-state index in [0.29, 0.717) is 37.7 Å². The first kappa shape index (κ1) is 23.6. The number of hydrogen-bond acceptors (Lipinski definition) is 6. The number of benzene rings is 3.